The number of ether oxygens (including phenoxy) is 1. The van der Waals surface area contributed by atoms with E-state index in [9.17, 15) is 4.21 Å². The molecule has 1 fully saturated rings. The molecule has 0 aromatic heterocycles. The maximum absolute atomic E-state index is 11.6. The minimum Gasteiger partial charge on any atom is -0.500 e. The summed E-state index contributed by atoms with van der Waals surface area (Å²) in [5.74, 6) is 0.842. The Balaban J connectivity index is 2.43. The Morgan fingerprint density at radius 2 is 2.31 bits per heavy atom. The minimum atomic E-state index is -0.695. The van der Waals surface area contributed by atoms with Crippen LogP contribution in [-0.2, 0) is 15.5 Å². The lowest BCUT2D eigenvalue weighted by Gasteiger charge is -2.21. The molecule has 0 spiro atoms. The fraction of sp³-hybridized carbons (Fsp3) is 0.800. The summed E-state index contributed by atoms with van der Waals surface area (Å²) < 4.78 is 16.9. The van der Waals surface area contributed by atoms with Crippen molar-refractivity contribution in [3.63, 3.8) is 0 Å². The predicted molar refractivity (Wildman–Crippen MR) is 56.0 cm³/mol. The molecule has 1 rings (SSSR count). The zero-order valence-electron chi connectivity index (χ0n) is 8.63. The highest BCUT2D eigenvalue weighted by molar-refractivity contribution is 7.86. The van der Waals surface area contributed by atoms with Crippen LogP contribution in [0.1, 0.15) is 33.6 Å². The van der Waals surface area contributed by atoms with E-state index in [0.29, 0.717) is 6.61 Å². The fourth-order valence-corrected chi connectivity index (χ4v) is 2.93. The molecule has 1 heterocycles. The van der Waals surface area contributed by atoms with Crippen molar-refractivity contribution in [1.29, 1.82) is 0 Å². The molecule has 0 saturated carbocycles. The number of hydrogen-bond donors (Lipinski definition) is 0. The lowest BCUT2D eigenvalue weighted by Crippen LogP contribution is -2.31. The number of allylic oxidation sites excluding steroid dienone is 1. The Bertz CT molecular complexity index is 231. The molecule has 1 aliphatic heterocycles. The van der Waals surface area contributed by atoms with E-state index in [1.54, 1.807) is 6.26 Å². The molecule has 0 aliphatic carbocycles. The summed E-state index contributed by atoms with van der Waals surface area (Å²) in [4.78, 5) is 0. The summed E-state index contributed by atoms with van der Waals surface area (Å²) in [6, 6.07) is 0. The molecule has 2 unspecified atom stereocenters. The van der Waals surface area contributed by atoms with Crippen LogP contribution in [0.3, 0.4) is 0 Å². The summed E-state index contributed by atoms with van der Waals surface area (Å²) in [6.45, 7) is 6.63. The second kappa shape index (κ2) is 4.27. The van der Waals surface area contributed by atoms with Crippen LogP contribution in [0.2, 0.25) is 0 Å². The highest BCUT2D eigenvalue weighted by atomic mass is 32.2. The Kier molecular flexibility index (Phi) is 3.54. The Morgan fingerprint density at radius 3 is 2.77 bits per heavy atom. The van der Waals surface area contributed by atoms with Crippen LogP contribution in [0.15, 0.2) is 11.8 Å². The minimum absolute atomic E-state index is 0.105. The standard InChI is InChI=1S/C10H18O2S/c1-9(2)7-12-8-10(3)5-4-6-13(10)11/h7H,4-6,8H2,1-3H3. The summed E-state index contributed by atoms with van der Waals surface area (Å²) >= 11 is 0. The van der Waals surface area contributed by atoms with Gasteiger partial charge in [0.1, 0.15) is 6.61 Å². The number of rotatable bonds is 3. The maximum atomic E-state index is 11.6. The van der Waals surface area contributed by atoms with Gasteiger partial charge >= 0.3 is 0 Å². The molecule has 0 N–H and O–H groups in total. The molecular weight excluding hydrogens is 184 g/mol. The molecule has 0 bridgehead atoms. The Morgan fingerprint density at radius 1 is 1.62 bits per heavy atom. The third-order valence-electron chi connectivity index (χ3n) is 2.29. The molecule has 2 nitrogen and oxygen atoms in total. The van der Waals surface area contributed by atoms with Gasteiger partial charge < -0.3 is 4.74 Å². The van der Waals surface area contributed by atoms with Crippen molar-refractivity contribution >= 4 is 10.8 Å². The molecule has 76 valence electrons. The van der Waals surface area contributed by atoms with Crippen molar-refractivity contribution in [3.05, 3.63) is 11.8 Å². The van der Waals surface area contributed by atoms with Crippen LogP contribution in [0.5, 0.6) is 0 Å². The first-order valence-electron chi connectivity index (χ1n) is 4.68. The van der Waals surface area contributed by atoms with Gasteiger partial charge in [-0.05, 0) is 39.2 Å². The first-order valence-corrected chi connectivity index (χ1v) is 6.00. The molecule has 0 radical (unpaired) electrons. The van der Waals surface area contributed by atoms with Gasteiger partial charge in [0.05, 0.1) is 11.0 Å². The summed E-state index contributed by atoms with van der Waals surface area (Å²) in [5.41, 5.74) is 1.15. The normalized spacial score (nSPS) is 33.0. The lowest BCUT2D eigenvalue weighted by atomic mass is 10.1. The zero-order chi connectivity index (χ0) is 9.90. The third kappa shape index (κ3) is 2.83. The summed E-state index contributed by atoms with van der Waals surface area (Å²) in [5, 5.41) is 0. The molecular formula is C10H18O2S. The fourth-order valence-electron chi connectivity index (χ4n) is 1.46. The van der Waals surface area contributed by atoms with E-state index in [1.165, 1.54) is 0 Å². The van der Waals surface area contributed by atoms with E-state index < -0.39 is 10.8 Å². The van der Waals surface area contributed by atoms with Crippen molar-refractivity contribution in [1.82, 2.24) is 0 Å². The molecule has 1 saturated heterocycles. The molecule has 2 atom stereocenters. The first-order chi connectivity index (χ1) is 6.04. The van der Waals surface area contributed by atoms with Gasteiger partial charge in [0.2, 0.25) is 0 Å². The van der Waals surface area contributed by atoms with E-state index in [-0.39, 0.29) is 4.75 Å². The molecule has 3 heteroatoms. The third-order valence-corrected chi connectivity index (χ3v) is 4.37. The van der Waals surface area contributed by atoms with Crippen molar-refractivity contribution in [2.45, 2.75) is 38.4 Å². The van der Waals surface area contributed by atoms with E-state index in [2.05, 4.69) is 6.92 Å². The molecule has 0 aromatic rings. The quantitative estimate of drug-likeness (QED) is 0.656. The van der Waals surface area contributed by atoms with E-state index in [1.807, 2.05) is 13.8 Å². The molecule has 0 amide bonds. The van der Waals surface area contributed by atoms with E-state index in [4.69, 9.17) is 4.74 Å². The smallest absolute Gasteiger partial charge is 0.104 e. The van der Waals surface area contributed by atoms with Gasteiger partial charge in [0.15, 0.2) is 0 Å². The van der Waals surface area contributed by atoms with Crippen LogP contribution in [0.25, 0.3) is 0 Å². The Labute approximate surface area is 82.8 Å². The van der Waals surface area contributed by atoms with Gasteiger partial charge in [0, 0.05) is 16.6 Å². The van der Waals surface area contributed by atoms with Crippen LogP contribution >= 0.6 is 0 Å². The van der Waals surface area contributed by atoms with Gasteiger partial charge in [0.25, 0.3) is 0 Å². The van der Waals surface area contributed by atoms with E-state index >= 15 is 0 Å². The average Bonchev–Trinajstić information content (AvgIpc) is 2.32. The summed E-state index contributed by atoms with van der Waals surface area (Å²) in [7, 11) is -0.695. The van der Waals surface area contributed by atoms with Crippen molar-refractivity contribution in [2.75, 3.05) is 12.4 Å². The molecule has 1 aliphatic rings. The Hall–Kier alpha value is -0.310. The highest BCUT2D eigenvalue weighted by Crippen LogP contribution is 2.28. The second-order valence-corrected chi connectivity index (χ2v) is 6.19. The van der Waals surface area contributed by atoms with Gasteiger partial charge in [-0.15, -0.1) is 0 Å². The SMILES string of the molecule is CC(C)=COCC1(C)CCCS1=O. The zero-order valence-corrected chi connectivity index (χ0v) is 9.45. The highest BCUT2D eigenvalue weighted by Gasteiger charge is 2.36. The van der Waals surface area contributed by atoms with Crippen LogP contribution in [0, 0.1) is 0 Å². The van der Waals surface area contributed by atoms with Crippen molar-refractivity contribution in [3.8, 4) is 0 Å². The van der Waals surface area contributed by atoms with Gasteiger partial charge in [-0.1, -0.05) is 0 Å². The lowest BCUT2D eigenvalue weighted by molar-refractivity contribution is 0.212. The topological polar surface area (TPSA) is 26.3 Å². The number of hydrogen-bond acceptors (Lipinski definition) is 2. The predicted octanol–water partition coefficient (Wildman–Crippen LogP) is 2.23. The van der Waals surface area contributed by atoms with Crippen LogP contribution in [0.4, 0.5) is 0 Å². The first kappa shape index (κ1) is 10.8. The van der Waals surface area contributed by atoms with Gasteiger partial charge in [-0.25, -0.2) is 0 Å². The van der Waals surface area contributed by atoms with Crippen LogP contribution < -0.4 is 0 Å². The van der Waals surface area contributed by atoms with Crippen molar-refractivity contribution in [2.24, 2.45) is 0 Å². The summed E-state index contributed by atoms with van der Waals surface area (Å²) in [6.07, 6.45) is 3.85. The largest absolute Gasteiger partial charge is 0.500 e. The average molecular weight is 202 g/mol. The van der Waals surface area contributed by atoms with Crippen molar-refractivity contribution < 1.29 is 8.95 Å². The monoisotopic (exact) mass is 202 g/mol. The molecule has 13 heavy (non-hydrogen) atoms. The second-order valence-electron chi connectivity index (χ2n) is 4.11. The van der Waals surface area contributed by atoms with Gasteiger partial charge in [-0.3, -0.25) is 4.21 Å². The van der Waals surface area contributed by atoms with Gasteiger partial charge in [-0.2, -0.15) is 0 Å². The molecule has 0 aromatic carbocycles. The maximum Gasteiger partial charge on any atom is 0.104 e. The van der Waals surface area contributed by atoms with E-state index in [0.717, 1.165) is 24.2 Å². The van der Waals surface area contributed by atoms with Crippen LogP contribution in [-0.4, -0.2) is 21.3 Å².